The van der Waals surface area contributed by atoms with E-state index in [-0.39, 0.29) is 5.75 Å². The molecule has 3 rings (SSSR count). The quantitative estimate of drug-likeness (QED) is 0.127. The highest BCUT2D eigenvalue weighted by Gasteiger charge is 2.64. The van der Waals surface area contributed by atoms with Gasteiger partial charge < -0.3 is 32.0 Å². The number of aliphatic carboxylic acids is 1. The maximum absolute atomic E-state index is 12.7. The molecule has 0 aromatic heterocycles. The molecule has 12 heteroatoms. The summed E-state index contributed by atoms with van der Waals surface area (Å²) in [6, 6.07) is 1.75. The van der Waals surface area contributed by atoms with E-state index in [1.165, 1.54) is 46.1 Å². The molecule has 2 amide bonds. The van der Waals surface area contributed by atoms with Gasteiger partial charge in [0.05, 0.1) is 5.55 Å². The first-order valence-corrected chi connectivity index (χ1v) is 10.9. The van der Waals surface area contributed by atoms with Crippen LogP contribution >= 0.6 is 23.5 Å². The number of β-lactam (4-membered cyclic amide) rings is 1. The van der Waals surface area contributed by atoms with Crippen molar-refractivity contribution in [2.75, 3.05) is 0 Å². The number of hydrogen-bond acceptors (Lipinski definition) is 9. The summed E-state index contributed by atoms with van der Waals surface area (Å²) in [5, 5.41) is 25.0. The van der Waals surface area contributed by atoms with Crippen LogP contribution in [0.3, 0.4) is 0 Å². The third-order valence-electron chi connectivity index (χ3n) is 5.09. The van der Waals surface area contributed by atoms with Crippen molar-refractivity contribution < 1.29 is 24.6 Å². The molecule has 2 saturated heterocycles. The minimum atomic E-state index is -1.07. The molecule has 30 heavy (non-hydrogen) atoms. The topological polar surface area (TPSA) is 171 Å². The van der Waals surface area contributed by atoms with Crippen LogP contribution in [0.4, 0.5) is 0 Å². The zero-order chi connectivity index (χ0) is 22.2. The zero-order valence-electron chi connectivity index (χ0n) is 16.3. The number of carboxylic acids is 1. The lowest BCUT2D eigenvalue weighted by atomic mass is 9.95. The van der Waals surface area contributed by atoms with E-state index in [2.05, 4.69) is 10.4 Å². The number of nitrogens with one attached hydrogen (secondary N) is 1. The number of carbonyl (C=O) groups excluding carboxylic acids is 2. The number of carbonyl (C=O) groups is 3. The summed E-state index contributed by atoms with van der Waals surface area (Å²) in [6.07, 6.45) is 0. The summed E-state index contributed by atoms with van der Waals surface area (Å²) in [4.78, 5) is 38.1. The maximum atomic E-state index is 12.7. The lowest BCUT2D eigenvalue weighted by molar-refractivity contribution is -0.161. The number of aromatic hydroxyl groups is 1. The Labute approximate surface area is 181 Å². The van der Waals surface area contributed by atoms with E-state index in [4.69, 9.17) is 11.6 Å². The molecule has 1 aromatic rings. The normalized spacial score (nSPS) is 25.6. The standard InChI is InChI=1S/C18H23N5O5S2/c1-18(2)13(17(27)28)23-15(26)12(16(23)30-18)22-14(25)11(19)8-3-4-10(24)9(5-8)6-29-7-21-20/h3-5,7,11-13,16,24H,6,19-20H2,1-2H3,(H,22,25)(H,27,28). The number of fused-ring (bicyclic) bond motifs is 1. The summed E-state index contributed by atoms with van der Waals surface area (Å²) >= 11 is 2.61. The number of thioether (sulfide) groups is 2. The van der Waals surface area contributed by atoms with Crippen LogP contribution in [0, 0.1) is 0 Å². The zero-order valence-corrected chi connectivity index (χ0v) is 17.9. The Morgan fingerprint density at radius 2 is 2.17 bits per heavy atom. The van der Waals surface area contributed by atoms with Crippen LogP contribution in [-0.2, 0) is 20.1 Å². The summed E-state index contributed by atoms with van der Waals surface area (Å²) in [7, 11) is 0. The maximum Gasteiger partial charge on any atom is 0.327 e. The number of hydrogen-bond donors (Lipinski definition) is 5. The van der Waals surface area contributed by atoms with E-state index < -0.39 is 46.0 Å². The number of nitrogens with two attached hydrogens (primary N) is 2. The highest BCUT2D eigenvalue weighted by atomic mass is 32.2. The fourth-order valence-corrected chi connectivity index (χ4v) is 5.82. The molecule has 7 N–H and O–H groups in total. The van der Waals surface area contributed by atoms with Crippen molar-refractivity contribution in [3.8, 4) is 5.75 Å². The predicted octanol–water partition coefficient (Wildman–Crippen LogP) is 0.159. The SMILES string of the molecule is CC1(C)SC2C(NC(=O)C(N)c3ccc(O)c(CSC=NN)c3)C(=O)N2C1C(=O)O. The minimum Gasteiger partial charge on any atom is -0.508 e. The van der Waals surface area contributed by atoms with Crippen LogP contribution in [0.1, 0.15) is 31.0 Å². The Balaban J connectivity index is 1.69. The highest BCUT2D eigenvalue weighted by Crippen LogP contribution is 2.50. The van der Waals surface area contributed by atoms with Gasteiger partial charge in [-0.05, 0) is 31.5 Å². The van der Waals surface area contributed by atoms with Crippen LogP contribution in [0.5, 0.6) is 5.75 Å². The average Bonchev–Trinajstić information content (AvgIpc) is 2.95. The lowest BCUT2D eigenvalue weighted by Crippen LogP contribution is -2.71. The predicted molar refractivity (Wildman–Crippen MR) is 115 cm³/mol. The van der Waals surface area contributed by atoms with Crippen LogP contribution < -0.4 is 16.9 Å². The number of carboxylic acid groups (broad SMARTS) is 1. The average molecular weight is 454 g/mol. The molecule has 2 fully saturated rings. The Morgan fingerprint density at radius 1 is 1.47 bits per heavy atom. The summed E-state index contributed by atoms with van der Waals surface area (Å²) in [5.41, 5.74) is 8.54. The van der Waals surface area contributed by atoms with Crippen molar-refractivity contribution in [1.29, 1.82) is 0 Å². The Hall–Kier alpha value is -2.44. The molecule has 0 spiro atoms. The molecular weight excluding hydrogens is 430 g/mol. The Kier molecular flexibility index (Phi) is 6.20. The largest absolute Gasteiger partial charge is 0.508 e. The van der Waals surface area contributed by atoms with E-state index in [0.29, 0.717) is 16.9 Å². The Bertz CT molecular complexity index is 909. The van der Waals surface area contributed by atoms with Gasteiger partial charge in [-0.2, -0.15) is 5.10 Å². The summed E-state index contributed by atoms with van der Waals surface area (Å²) < 4.78 is -0.676. The molecule has 2 aliphatic heterocycles. The van der Waals surface area contributed by atoms with Crippen molar-refractivity contribution in [2.24, 2.45) is 16.7 Å². The molecule has 4 unspecified atom stereocenters. The monoisotopic (exact) mass is 453 g/mol. The Morgan fingerprint density at radius 3 is 2.80 bits per heavy atom. The van der Waals surface area contributed by atoms with E-state index in [0.717, 1.165) is 0 Å². The second kappa shape index (κ2) is 8.36. The summed E-state index contributed by atoms with van der Waals surface area (Å²) in [5.74, 6) is 3.43. The van der Waals surface area contributed by atoms with Crippen molar-refractivity contribution in [2.45, 2.75) is 47.8 Å². The third-order valence-corrected chi connectivity index (χ3v) is 7.41. The number of nitrogens with zero attached hydrogens (tertiary/aromatic N) is 2. The number of benzene rings is 1. The van der Waals surface area contributed by atoms with Crippen molar-refractivity contribution in [3.05, 3.63) is 29.3 Å². The second-order valence-corrected chi connectivity index (χ2v) is 10.1. The number of phenolic OH excluding ortho intramolecular Hbond substituents is 1. The van der Waals surface area contributed by atoms with Gasteiger partial charge in [-0.3, -0.25) is 9.59 Å². The molecule has 4 atom stereocenters. The molecule has 0 bridgehead atoms. The first-order valence-electron chi connectivity index (χ1n) is 9.02. The molecule has 10 nitrogen and oxygen atoms in total. The van der Waals surface area contributed by atoms with Gasteiger partial charge in [0.1, 0.15) is 29.2 Å². The van der Waals surface area contributed by atoms with Gasteiger partial charge in [0, 0.05) is 16.1 Å². The van der Waals surface area contributed by atoms with Crippen LogP contribution in [-0.4, -0.2) is 60.6 Å². The fraction of sp³-hybridized carbons (Fsp3) is 0.444. The number of phenols is 1. The van der Waals surface area contributed by atoms with Crippen LogP contribution in [0.25, 0.3) is 0 Å². The highest BCUT2D eigenvalue weighted by molar-refractivity contribution is 8.11. The van der Waals surface area contributed by atoms with E-state index in [9.17, 15) is 24.6 Å². The van der Waals surface area contributed by atoms with Gasteiger partial charge in [-0.15, -0.1) is 23.5 Å². The molecule has 2 heterocycles. The van der Waals surface area contributed by atoms with Crippen molar-refractivity contribution in [3.63, 3.8) is 0 Å². The van der Waals surface area contributed by atoms with Gasteiger partial charge in [0.2, 0.25) is 11.8 Å². The van der Waals surface area contributed by atoms with Gasteiger partial charge >= 0.3 is 5.97 Å². The van der Waals surface area contributed by atoms with E-state index in [1.807, 2.05) is 0 Å². The smallest absolute Gasteiger partial charge is 0.327 e. The minimum absolute atomic E-state index is 0.0541. The van der Waals surface area contributed by atoms with Crippen molar-refractivity contribution in [1.82, 2.24) is 10.2 Å². The molecule has 0 radical (unpaired) electrons. The molecule has 0 aliphatic carbocycles. The van der Waals surface area contributed by atoms with Crippen LogP contribution in [0.2, 0.25) is 0 Å². The van der Waals surface area contributed by atoms with Gasteiger partial charge in [0.15, 0.2) is 0 Å². The second-order valence-electron chi connectivity index (χ2n) is 7.52. The molecule has 162 valence electrons. The molecule has 0 saturated carbocycles. The first-order chi connectivity index (χ1) is 14.1. The summed E-state index contributed by atoms with van der Waals surface area (Å²) in [6.45, 7) is 3.52. The number of amides is 2. The first kappa shape index (κ1) is 22.2. The lowest BCUT2D eigenvalue weighted by Gasteiger charge is -2.43. The van der Waals surface area contributed by atoms with Crippen molar-refractivity contribution >= 4 is 46.9 Å². The van der Waals surface area contributed by atoms with Gasteiger partial charge in [0.25, 0.3) is 0 Å². The van der Waals surface area contributed by atoms with Gasteiger partial charge in [-0.1, -0.05) is 6.07 Å². The van der Waals surface area contributed by atoms with Gasteiger partial charge in [-0.25, -0.2) is 4.79 Å². The molecule has 1 aromatic carbocycles. The third kappa shape index (κ3) is 3.94. The van der Waals surface area contributed by atoms with Crippen LogP contribution in [0.15, 0.2) is 23.3 Å². The number of hydrazone groups is 1. The molecular formula is C18H23N5O5S2. The number of rotatable bonds is 7. The van der Waals surface area contributed by atoms with E-state index in [1.54, 1.807) is 19.9 Å². The molecule has 2 aliphatic rings. The fourth-order valence-electron chi connectivity index (χ4n) is 3.62. The van der Waals surface area contributed by atoms with E-state index >= 15 is 0 Å².